The van der Waals surface area contributed by atoms with Crippen LogP contribution in [0.5, 0.6) is 0 Å². The Labute approximate surface area is 122 Å². The van der Waals surface area contributed by atoms with Crippen LogP contribution in [0, 0.1) is 19.3 Å². The first-order chi connectivity index (χ1) is 9.13. The average molecular weight is 321 g/mol. The summed E-state index contributed by atoms with van der Waals surface area (Å²) < 4.78 is 0.976. The van der Waals surface area contributed by atoms with Crippen molar-refractivity contribution < 1.29 is 4.79 Å². The number of carbonyl (C=O) groups is 1. The SMILES string of the molecule is C#CCN1CCN(C(=O)c2cccc(Br)c2C)CC1. The van der Waals surface area contributed by atoms with Crippen molar-refractivity contribution in [3.63, 3.8) is 0 Å². The maximum absolute atomic E-state index is 12.5. The standard InChI is InChI=1S/C15H17BrN2O/c1-3-7-17-8-10-18(11-9-17)15(19)13-5-4-6-14(16)12(13)2/h1,4-6H,7-11H2,2H3. The van der Waals surface area contributed by atoms with Gasteiger partial charge >= 0.3 is 0 Å². The van der Waals surface area contributed by atoms with E-state index in [1.54, 1.807) is 0 Å². The molecule has 100 valence electrons. The molecule has 1 heterocycles. The molecule has 1 fully saturated rings. The molecule has 0 unspecified atom stereocenters. The van der Waals surface area contributed by atoms with Crippen LogP contribution in [0.25, 0.3) is 0 Å². The summed E-state index contributed by atoms with van der Waals surface area (Å²) in [7, 11) is 0. The molecule has 0 N–H and O–H groups in total. The third kappa shape index (κ3) is 3.17. The molecule has 1 amide bonds. The van der Waals surface area contributed by atoms with Crippen molar-refractivity contribution >= 4 is 21.8 Å². The molecule has 0 saturated carbocycles. The maximum atomic E-state index is 12.5. The van der Waals surface area contributed by atoms with Crippen molar-refractivity contribution in [2.24, 2.45) is 0 Å². The quantitative estimate of drug-likeness (QED) is 0.779. The van der Waals surface area contributed by atoms with Crippen LogP contribution < -0.4 is 0 Å². The number of nitrogens with zero attached hydrogens (tertiary/aromatic N) is 2. The Bertz CT molecular complexity index is 513. The van der Waals surface area contributed by atoms with Gasteiger partial charge in [0.05, 0.1) is 6.54 Å². The second-order valence-electron chi connectivity index (χ2n) is 4.68. The predicted molar refractivity (Wildman–Crippen MR) is 80.1 cm³/mol. The molecule has 1 saturated heterocycles. The van der Waals surface area contributed by atoms with E-state index >= 15 is 0 Å². The van der Waals surface area contributed by atoms with Crippen molar-refractivity contribution in [3.8, 4) is 12.3 Å². The zero-order chi connectivity index (χ0) is 13.8. The number of amides is 1. The molecule has 2 rings (SSSR count). The molecule has 19 heavy (non-hydrogen) atoms. The molecule has 3 nitrogen and oxygen atoms in total. The zero-order valence-electron chi connectivity index (χ0n) is 11.0. The molecule has 1 aliphatic rings. The minimum Gasteiger partial charge on any atom is -0.336 e. The van der Waals surface area contributed by atoms with Gasteiger partial charge in [0, 0.05) is 36.2 Å². The third-order valence-electron chi connectivity index (χ3n) is 3.47. The third-order valence-corrected chi connectivity index (χ3v) is 4.33. The van der Waals surface area contributed by atoms with Gasteiger partial charge in [-0.05, 0) is 24.6 Å². The van der Waals surface area contributed by atoms with Crippen molar-refractivity contribution in [3.05, 3.63) is 33.8 Å². The smallest absolute Gasteiger partial charge is 0.254 e. The fraction of sp³-hybridized carbons (Fsp3) is 0.400. The molecule has 4 heteroatoms. The van der Waals surface area contributed by atoms with Gasteiger partial charge < -0.3 is 4.90 Å². The summed E-state index contributed by atoms with van der Waals surface area (Å²) in [6, 6.07) is 5.74. The largest absolute Gasteiger partial charge is 0.336 e. The normalized spacial score (nSPS) is 16.2. The van der Waals surface area contributed by atoms with E-state index in [0.29, 0.717) is 6.54 Å². The lowest BCUT2D eigenvalue weighted by molar-refractivity contribution is 0.0651. The van der Waals surface area contributed by atoms with Gasteiger partial charge in [-0.15, -0.1) is 6.42 Å². The monoisotopic (exact) mass is 320 g/mol. The second kappa shape index (κ2) is 6.23. The van der Waals surface area contributed by atoms with Gasteiger partial charge in [0.2, 0.25) is 0 Å². The summed E-state index contributed by atoms with van der Waals surface area (Å²) in [5.41, 5.74) is 1.78. The molecular formula is C15H17BrN2O. The summed E-state index contributed by atoms with van der Waals surface area (Å²) in [5, 5.41) is 0. The zero-order valence-corrected chi connectivity index (χ0v) is 12.6. The van der Waals surface area contributed by atoms with E-state index in [1.807, 2.05) is 30.0 Å². The topological polar surface area (TPSA) is 23.6 Å². The number of halogens is 1. The number of benzene rings is 1. The first kappa shape index (κ1) is 14.1. The molecule has 1 aromatic rings. The van der Waals surface area contributed by atoms with Gasteiger partial charge in [-0.3, -0.25) is 9.69 Å². The van der Waals surface area contributed by atoms with E-state index in [2.05, 4.69) is 26.8 Å². The fourth-order valence-electron chi connectivity index (χ4n) is 2.25. The number of terminal acetylenes is 1. The first-order valence-electron chi connectivity index (χ1n) is 6.33. The van der Waals surface area contributed by atoms with E-state index < -0.39 is 0 Å². The van der Waals surface area contributed by atoms with E-state index in [-0.39, 0.29) is 5.91 Å². The highest BCUT2D eigenvalue weighted by Gasteiger charge is 2.22. The number of carbonyl (C=O) groups excluding carboxylic acids is 1. The highest BCUT2D eigenvalue weighted by atomic mass is 79.9. The molecular weight excluding hydrogens is 304 g/mol. The Kier molecular flexibility index (Phi) is 4.62. The van der Waals surface area contributed by atoms with Crippen LogP contribution in [0.2, 0.25) is 0 Å². The van der Waals surface area contributed by atoms with Crippen molar-refractivity contribution in [2.75, 3.05) is 32.7 Å². The van der Waals surface area contributed by atoms with Crippen molar-refractivity contribution in [1.29, 1.82) is 0 Å². The maximum Gasteiger partial charge on any atom is 0.254 e. The van der Waals surface area contributed by atoms with Crippen LogP contribution in [0.4, 0.5) is 0 Å². The fourth-order valence-corrected chi connectivity index (χ4v) is 2.61. The molecule has 0 atom stereocenters. The van der Waals surface area contributed by atoms with Gasteiger partial charge in [0.15, 0.2) is 0 Å². The average Bonchev–Trinajstić information content (AvgIpc) is 2.42. The summed E-state index contributed by atoms with van der Waals surface area (Å²) in [6.07, 6.45) is 5.30. The van der Waals surface area contributed by atoms with Crippen LogP contribution in [0.1, 0.15) is 15.9 Å². The van der Waals surface area contributed by atoms with E-state index in [4.69, 9.17) is 6.42 Å². The van der Waals surface area contributed by atoms with Crippen LogP contribution in [-0.4, -0.2) is 48.4 Å². The number of piperazine rings is 1. The Morgan fingerprint density at radius 1 is 1.37 bits per heavy atom. The Morgan fingerprint density at radius 3 is 2.68 bits per heavy atom. The van der Waals surface area contributed by atoms with Gasteiger partial charge in [0.25, 0.3) is 5.91 Å². The van der Waals surface area contributed by atoms with E-state index in [0.717, 1.165) is 41.8 Å². The molecule has 0 radical (unpaired) electrons. The molecule has 1 aromatic carbocycles. The number of hydrogen-bond acceptors (Lipinski definition) is 2. The molecule has 0 aromatic heterocycles. The van der Waals surface area contributed by atoms with Crippen LogP contribution in [0.15, 0.2) is 22.7 Å². The molecule has 0 bridgehead atoms. The minimum atomic E-state index is 0.110. The van der Waals surface area contributed by atoms with Gasteiger partial charge in [-0.25, -0.2) is 0 Å². The minimum absolute atomic E-state index is 0.110. The van der Waals surface area contributed by atoms with E-state index in [9.17, 15) is 4.79 Å². The van der Waals surface area contributed by atoms with Gasteiger partial charge in [0.1, 0.15) is 0 Å². The highest BCUT2D eigenvalue weighted by Crippen LogP contribution is 2.21. The molecule has 0 spiro atoms. The summed E-state index contributed by atoms with van der Waals surface area (Å²) in [5.74, 6) is 2.76. The Hall–Kier alpha value is -1.31. The van der Waals surface area contributed by atoms with Crippen LogP contribution in [0.3, 0.4) is 0 Å². The number of hydrogen-bond donors (Lipinski definition) is 0. The lowest BCUT2D eigenvalue weighted by atomic mass is 10.1. The Balaban J connectivity index is 2.06. The van der Waals surface area contributed by atoms with E-state index in [1.165, 1.54) is 0 Å². The van der Waals surface area contributed by atoms with Crippen LogP contribution >= 0.6 is 15.9 Å². The van der Waals surface area contributed by atoms with Crippen molar-refractivity contribution in [1.82, 2.24) is 9.80 Å². The Morgan fingerprint density at radius 2 is 2.05 bits per heavy atom. The lowest BCUT2D eigenvalue weighted by Gasteiger charge is -2.34. The highest BCUT2D eigenvalue weighted by molar-refractivity contribution is 9.10. The summed E-state index contributed by atoms with van der Waals surface area (Å²) in [6.45, 7) is 5.81. The summed E-state index contributed by atoms with van der Waals surface area (Å²) in [4.78, 5) is 16.6. The van der Waals surface area contributed by atoms with Gasteiger partial charge in [-0.1, -0.05) is 27.9 Å². The molecule has 0 aliphatic carbocycles. The second-order valence-corrected chi connectivity index (χ2v) is 5.54. The van der Waals surface area contributed by atoms with Crippen molar-refractivity contribution in [2.45, 2.75) is 6.92 Å². The van der Waals surface area contributed by atoms with Crippen LogP contribution in [-0.2, 0) is 0 Å². The summed E-state index contributed by atoms with van der Waals surface area (Å²) >= 11 is 3.47. The lowest BCUT2D eigenvalue weighted by Crippen LogP contribution is -2.48. The molecule has 1 aliphatic heterocycles. The number of rotatable bonds is 2. The predicted octanol–water partition coefficient (Wildman–Crippen LogP) is 2.15. The van der Waals surface area contributed by atoms with Gasteiger partial charge in [-0.2, -0.15) is 0 Å². The first-order valence-corrected chi connectivity index (χ1v) is 7.13.